The summed E-state index contributed by atoms with van der Waals surface area (Å²) in [6.45, 7) is 2.04. The van der Waals surface area contributed by atoms with E-state index in [2.05, 4.69) is 4.74 Å². The third-order valence-corrected chi connectivity index (χ3v) is 2.50. The first-order valence-electron chi connectivity index (χ1n) is 4.88. The van der Waals surface area contributed by atoms with Crippen molar-refractivity contribution in [2.75, 3.05) is 7.11 Å². The zero-order valence-electron chi connectivity index (χ0n) is 9.00. The third-order valence-electron chi connectivity index (χ3n) is 2.19. The van der Waals surface area contributed by atoms with E-state index in [1.807, 2.05) is 31.2 Å². The van der Waals surface area contributed by atoms with E-state index in [0.29, 0.717) is 6.42 Å². The first-order chi connectivity index (χ1) is 7.11. The maximum Gasteiger partial charge on any atom is 0.307 e. The maximum absolute atomic E-state index is 11.0. The molecule has 0 bridgehead atoms. The summed E-state index contributed by atoms with van der Waals surface area (Å²) in [6, 6.07) is 8.14. The van der Waals surface area contributed by atoms with Crippen LogP contribution in [0.4, 0.5) is 0 Å². The van der Waals surface area contributed by atoms with Gasteiger partial charge in [-0.25, -0.2) is 0 Å². The van der Waals surface area contributed by atoms with Gasteiger partial charge in [-0.15, -0.1) is 11.6 Å². The molecular weight excluding hydrogens is 212 g/mol. The number of hydrogen-bond donors (Lipinski definition) is 0. The Kier molecular flexibility index (Phi) is 4.63. The third kappa shape index (κ3) is 4.34. The monoisotopic (exact) mass is 226 g/mol. The molecule has 0 saturated heterocycles. The first kappa shape index (κ1) is 12.1. The fourth-order valence-corrected chi connectivity index (χ4v) is 1.62. The average Bonchev–Trinajstić information content (AvgIpc) is 2.21. The Balaban J connectivity index is 2.47. The molecule has 0 heterocycles. The minimum absolute atomic E-state index is 0.194. The lowest BCUT2D eigenvalue weighted by Crippen LogP contribution is -2.12. The van der Waals surface area contributed by atoms with Crippen molar-refractivity contribution < 1.29 is 9.53 Å². The van der Waals surface area contributed by atoms with E-state index in [4.69, 9.17) is 11.6 Å². The normalized spacial score (nSPS) is 12.2. The molecule has 1 atom stereocenters. The molecule has 0 N–H and O–H groups in total. The molecule has 0 spiro atoms. The molecule has 15 heavy (non-hydrogen) atoms. The van der Waals surface area contributed by atoms with Crippen LogP contribution in [0.2, 0.25) is 0 Å². The Morgan fingerprint density at radius 3 is 2.53 bits per heavy atom. The Morgan fingerprint density at radius 2 is 2.00 bits per heavy atom. The van der Waals surface area contributed by atoms with Gasteiger partial charge in [0.1, 0.15) is 0 Å². The largest absolute Gasteiger partial charge is 0.469 e. The lowest BCUT2D eigenvalue weighted by molar-refractivity contribution is -0.140. The topological polar surface area (TPSA) is 26.3 Å². The van der Waals surface area contributed by atoms with Crippen LogP contribution in [0.1, 0.15) is 17.5 Å². The quantitative estimate of drug-likeness (QED) is 0.583. The number of carbonyl (C=O) groups excluding carboxylic acids is 1. The Labute approximate surface area is 95.2 Å². The molecule has 0 amide bonds. The van der Waals surface area contributed by atoms with E-state index in [1.165, 1.54) is 12.7 Å². The Morgan fingerprint density at radius 1 is 1.40 bits per heavy atom. The van der Waals surface area contributed by atoms with Crippen molar-refractivity contribution in [1.29, 1.82) is 0 Å². The first-order valence-corrected chi connectivity index (χ1v) is 5.32. The Bertz CT molecular complexity index is 319. The summed E-state index contributed by atoms with van der Waals surface area (Å²) in [7, 11) is 1.37. The highest BCUT2D eigenvalue weighted by Gasteiger charge is 2.11. The average molecular weight is 227 g/mol. The number of hydrogen-bond acceptors (Lipinski definition) is 2. The Hall–Kier alpha value is -1.02. The summed E-state index contributed by atoms with van der Waals surface area (Å²) < 4.78 is 4.55. The summed E-state index contributed by atoms with van der Waals surface area (Å²) in [5, 5.41) is -0.194. The van der Waals surface area contributed by atoms with Gasteiger partial charge in [0.25, 0.3) is 0 Å². The molecule has 82 valence electrons. The second-order valence-corrected chi connectivity index (χ2v) is 4.18. The molecule has 0 aliphatic rings. The number of rotatable bonds is 4. The van der Waals surface area contributed by atoms with Gasteiger partial charge in [-0.05, 0) is 18.9 Å². The van der Waals surface area contributed by atoms with Gasteiger partial charge in [0.05, 0.1) is 13.5 Å². The molecule has 1 aromatic carbocycles. The highest BCUT2D eigenvalue weighted by Crippen LogP contribution is 2.12. The molecule has 0 radical (unpaired) electrons. The molecule has 1 unspecified atom stereocenters. The van der Waals surface area contributed by atoms with E-state index < -0.39 is 0 Å². The van der Waals surface area contributed by atoms with Gasteiger partial charge >= 0.3 is 5.97 Å². The number of halogens is 1. The molecule has 0 fully saturated rings. The van der Waals surface area contributed by atoms with Crippen molar-refractivity contribution in [3.05, 3.63) is 35.4 Å². The van der Waals surface area contributed by atoms with Gasteiger partial charge in [-0.2, -0.15) is 0 Å². The van der Waals surface area contributed by atoms with Crippen molar-refractivity contribution in [3.63, 3.8) is 0 Å². The van der Waals surface area contributed by atoms with E-state index in [9.17, 15) is 4.79 Å². The van der Waals surface area contributed by atoms with Gasteiger partial charge in [0.15, 0.2) is 0 Å². The van der Waals surface area contributed by atoms with Crippen molar-refractivity contribution >= 4 is 17.6 Å². The van der Waals surface area contributed by atoms with Crippen LogP contribution in [-0.4, -0.2) is 18.5 Å². The van der Waals surface area contributed by atoms with E-state index in [-0.39, 0.29) is 17.8 Å². The van der Waals surface area contributed by atoms with Crippen LogP contribution in [-0.2, 0) is 16.0 Å². The van der Waals surface area contributed by atoms with Crippen LogP contribution < -0.4 is 0 Å². The standard InChI is InChI=1S/C12H15ClO2/c1-9-3-5-10(6-4-9)7-11(13)8-12(14)15-2/h3-6,11H,7-8H2,1-2H3. The van der Waals surface area contributed by atoms with Crippen LogP contribution in [0.25, 0.3) is 0 Å². The minimum atomic E-state index is -0.262. The van der Waals surface area contributed by atoms with Crippen LogP contribution >= 0.6 is 11.6 Å². The zero-order chi connectivity index (χ0) is 11.3. The van der Waals surface area contributed by atoms with Crippen molar-refractivity contribution in [1.82, 2.24) is 0 Å². The molecule has 1 aromatic rings. The van der Waals surface area contributed by atoms with Gasteiger partial charge in [-0.1, -0.05) is 29.8 Å². The molecule has 2 nitrogen and oxygen atoms in total. The second-order valence-electron chi connectivity index (χ2n) is 3.57. The smallest absolute Gasteiger partial charge is 0.307 e. The second kappa shape index (κ2) is 5.76. The lowest BCUT2D eigenvalue weighted by atomic mass is 10.1. The number of ether oxygens (including phenoxy) is 1. The van der Waals surface area contributed by atoms with E-state index in [1.54, 1.807) is 0 Å². The molecule has 1 rings (SSSR count). The predicted octanol–water partition coefficient (Wildman–Crippen LogP) is 2.71. The highest BCUT2D eigenvalue weighted by atomic mass is 35.5. The van der Waals surface area contributed by atoms with Gasteiger partial charge < -0.3 is 4.74 Å². The SMILES string of the molecule is COC(=O)CC(Cl)Cc1ccc(C)cc1. The lowest BCUT2D eigenvalue weighted by Gasteiger charge is -2.08. The summed E-state index contributed by atoms with van der Waals surface area (Å²) in [4.78, 5) is 11.0. The van der Waals surface area contributed by atoms with Crippen LogP contribution in [0.5, 0.6) is 0 Å². The molecule has 0 aliphatic carbocycles. The summed E-state index contributed by atoms with van der Waals surface area (Å²) in [5.74, 6) is -0.262. The maximum atomic E-state index is 11.0. The number of aryl methyl sites for hydroxylation is 1. The summed E-state index contributed by atoms with van der Waals surface area (Å²) in [5.41, 5.74) is 2.36. The number of carbonyl (C=O) groups is 1. The summed E-state index contributed by atoms with van der Waals surface area (Å²) in [6.07, 6.45) is 0.947. The zero-order valence-corrected chi connectivity index (χ0v) is 9.75. The van der Waals surface area contributed by atoms with E-state index in [0.717, 1.165) is 5.56 Å². The minimum Gasteiger partial charge on any atom is -0.469 e. The van der Waals surface area contributed by atoms with E-state index >= 15 is 0 Å². The molecule has 3 heteroatoms. The number of esters is 1. The fourth-order valence-electron chi connectivity index (χ4n) is 1.32. The van der Waals surface area contributed by atoms with Crippen LogP contribution in [0, 0.1) is 6.92 Å². The van der Waals surface area contributed by atoms with Crippen molar-refractivity contribution in [3.8, 4) is 0 Å². The molecule has 0 saturated carbocycles. The van der Waals surface area contributed by atoms with Crippen molar-refractivity contribution in [2.45, 2.75) is 25.1 Å². The van der Waals surface area contributed by atoms with Gasteiger partial charge in [0.2, 0.25) is 0 Å². The van der Waals surface area contributed by atoms with Gasteiger partial charge in [0, 0.05) is 5.38 Å². The number of methoxy groups -OCH3 is 1. The fraction of sp³-hybridized carbons (Fsp3) is 0.417. The number of alkyl halides is 1. The highest BCUT2D eigenvalue weighted by molar-refractivity contribution is 6.21. The molecule has 0 aliphatic heterocycles. The van der Waals surface area contributed by atoms with Crippen LogP contribution in [0.3, 0.4) is 0 Å². The van der Waals surface area contributed by atoms with Gasteiger partial charge in [-0.3, -0.25) is 4.79 Å². The predicted molar refractivity (Wildman–Crippen MR) is 61.2 cm³/mol. The number of benzene rings is 1. The molecule has 0 aromatic heterocycles. The summed E-state index contributed by atoms with van der Waals surface area (Å²) >= 11 is 6.03. The van der Waals surface area contributed by atoms with Crippen molar-refractivity contribution in [2.24, 2.45) is 0 Å². The van der Waals surface area contributed by atoms with Crippen LogP contribution in [0.15, 0.2) is 24.3 Å². The molecular formula is C12H15ClO2.